The first-order chi connectivity index (χ1) is 13.2. The molecule has 2 rings (SSSR count). The molecule has 3 heteroatoms. The first-order valence-electron chi connectivity index (χ1n) is 10.2. The Balaban J connectivity index is 1.81. The Labute approximate surface area is 163 Å². The van der Waals surface area contributed by atoms with Gasteiger partial charge in [-0.05, 0) is 47.6 Å². The van der Waals surface area contributed by atoms with E-state index in [9.17, 15) is 4.39 Å². The average molecular weight is 367 g/mol. The van der Waals surface area contributed by atoms with Crippen molar-refractivity contribution in [1.82, 2.24) is 0 Å². The summed E-state index contributed by atoms with van der Waals surface area (Å²) in [7, 11) is 0. The number of hydrogen-bond acceptors (Lipinski definition) is 2. The largest absolute Gasteiger partial charge is 0.207 e. The van der Waals surface area contributed by atoms with Gasteiger partial charge >= 0.3 is 0 Å². The van der Waals surface area contributed by atoms with E-state index in [2.05, 4.69) is 41.4 Å². The lowest BCUT2D eigenvalue weighted by Gasteiger charge is -2.02. The third kappa shape index (κ3) is 7.86. The third-order valence-corrected chi connectivity index (χ3v) is 4.63. The summed E-state index contributed by atoms with van der Waals surface area (Å²) in [4.78, 5) is 0. The molecule has 144 valence electrons. The Morgan fingerprint density at radius 2 is 1.41 bits per heavy atom. The van der Waals surface area contributed by atoms with E-state index in [0.29, 0.717) is 0 Å². The quantitative estimate of drug-likeness (QED) is 0.239. The summed E-state index contributed by atoms with van der Waals surface area (Å²) in [6, 6.07) is 13.7. The average Bonchev–Trinajstić information content (AvgIpc) is 2.68. The molecule has 0 aliphatic carbocycles. The van der Waals surface area contributed by atoms with Crippen LogP contribution in [-0.4, -0.2) is 12.4 Å². The fourth-order valence-electron chi connectivity index (χ4n) is 3.02. The van der Waals surface area contributed by atoms with Crippen LogP contribution in [0.15, 0.2) is 52.7 Å². The highest BCUT2D eigenvalue weighted by Crippen LogP contribution is 2.12. The van der Waals surface area contributed by atoms with Crippen LogP contribution in [0.5, 0.6) is 0 Å². The number of nitrogens with zero attached hydrogens (tertiary/aromatic N) is 2. The SMILES string of the molecule is CCCCCCCc1ccc(/C=N/N=C/c2ccc(CCC)c(F)c2)cc1. The Kier molecular flexibility index (Phi) is 9.47. The van der Waals surface area contributed by atoms with Crippen molar-refractivity contribution in [2.75, 3.05) is 0 Å². The van der Waals surface area contributed by atoms with Crippen LogP contribution < -0.4 is 0 Å². The highest BCUT2D eigenvalue weighted by molar-refractivity contribution is 5.82. The molecule has 0 spiro atoms. The molecule has 0 fully saturated rings. The Hall–Kier alpha value is -2.29. The zero-order valence-electron chi connectivity index (χ0n) is 16.6. The predicted octanol–water partition coefficient (Wildman–Crippen LogP) is 6.74. The molecule has 0 bridgehead atoms. The maximum atomic E-state index is 13.9. The second-order valence-corrected chi connectivity index (χ2v) is 7.00. The monoisotopic (exact) mass is 366 g/mol. The highest BCUT2D eigenvalue weighted by Gasteiger charge is 2.01. The van der Waals surface area contributed by atoms with E-state index in [1.165, 1.54) is 43.7 Å². The number of rotatable bonds is 11. The molecule has 0 N–H and O–H groups in total. The first kappa shape index (κ1) is 21.0. The minimum Gasteiger partial charge on any atom is -0.207 e. The molecule has 0 aromatic heterocycles. The van der Waals surface area contributed by atoms with E-state index in [4.69, 9.17) is 0 Å². The maximum absolute atomic E-state index is 13.9. The van der Waals surface area contributed by atoms with Crippen LogP contribution in [0.3, 0.4) is 0 Å². The fourth-order valence-corrected chi connectivity index (χ4v) is 3.02. The zero-order valence-corrected chi connectivity index (χ0v) is 16.6. The van der Waals surface area contributed by atoms with Gasteiger partial charge in [-0.25, -0.2) is 4.39 Å². The first-order valence-corrected chi connectivity index (χ1v) is 10.2. The van der Waals surface area contributed by atoms with Crippen molar-refractivity contribution in [1.29, 1.82) is 0 Å². The number of halogens is 1. The molecule has 0 saturated heterocycles. The molecule has 0 amide bonds. The Bertz CT molecular complexity index is 733. The van der Waals surface area contributed by atoms with E-state index < -0.39 is 0 Å². The number of unbranched alkanes of at least 4 members (excludes halogenated alkanes) is 4. The van der Waals surface area contributed by atoms with Crippen molar-refractivity contribution in [3.63, 3.8) is 0 Å². The summed E-state index contributed by atoms with van der Waals surface area (Å²) in [5.74, 6) is -0.171. The molecule has 0 aliphatic rings. The molecule has 0 radical (unpaired) electrons. The minimum absolute atomic E-state index is 0.171. The predicted molar refractivity (Wildman–Crippen MR) is 114 cm³/mol. The lowest BCUT2D eigenvalue weighted by molar-refractivity contribution is 0.607. The highest BCUT2D eigenvalue weighted by atomic mass is 19.1. The van der Waals surface area contributed by atoms with Crippen molar-refractivity contribution in [2.24, 2.45) is 10.2 Å². The van der Waals surface area contributed by atoms with Gasteiger partial charge in [-0.3, -0.25) is 0 Å². The summed E-state index contributed by atoms with van der Waals surface area (Å²) in [5.41, 5.74) is 3.87. The van der Waals surface area contributed by atoms with Gasteiger partial charge in [-0.15, -0.1) is 0 Å². The summed E-state index contributed by atoms with van der Waals surface area (Å²) in [6.07, 6.45) is 12.7. The summed E-state index contributed by atoms with van der Waals surface area (Å²) in [6.45, 7) is 4.29. The topological polar surface area (TPSA) is 24.7 Å². The van der Waals surface area contributed by atoms with Crippen LogP contribution in [0.1, 0.15) is 74.6 Å². The van der Waals surface area contributed by atoms with E-state index in [0.717, 1.165) is 36.0 Å². The third-order valence-electron chi connectivity index (χ3n) is 4.63. The van der Waals surface area contributed by atoms with Gasteiger partial charge in [0.15, 0.2) is 0 Å². The van der Waals surface area contributed by atoms with Gasteiger partial charge in [-0.2, -0.15) is 10.2 Å². The second kappa shape index (κ2) is 12.2. The molecule has 2 aromatic rings. The van der Waals surface area contributed by atoms with E-state index >= 15 is 0 Å². The van der Waals surface area contributed by atoms with Crippen LogP contribution >= 0.6 is 0 Å². The standard InChI is InChI=1S/C24H31FN2/c1-3-5-6-7-8-10-20-11-13-21(14-12-20)18-26-27-19-22-15-16-23(9-4-2)24(25)17-22/h11-19H,3-10H2,1-2H3/b26-18+,27-19+. The van der Waals surface area contributed by atoms with Crippen LogP contribution in [0, 0.1) is 5.82 Å². The van der Waals surface area contributed by atoms with Gasteiger partial charge in [0, 0.05) is 0 Å². The van der Waals surface area contributed by atoms with Crippen molar-refractivity contribution in [2.45, 2.75) is 65.2 Å². The smallest absolute Gasteiger partial charge is 0.127 e. The molecule has 27 heavy (non-hydrogen) atoms. The number of aryl methyl sites for hydroxylation is 2. The maximum Gasteiger partial charge on any atom is 0.127 e. The molecule has 2 nitrogen and oxygen atoms in total. The van der Waals surface area contributed by atoms with Gasteiger partial charge in [0.25, 0.3) is 0 Å². The van der Waals surface area contributed by atoms with Crippen LogP contribution in [-0.2, 0) is 12.8 Å². The zero-order chi connectivity index (χ0) is 19.3. The van der Waals surface area contributed by atoms with Crippen molar-refractivity contribution in [3.05, 3.63) is 70.5 Å². The van der Waals surface area contributed by atoms with Gasteiger partial charge in [-0.1, -0.05) is 82.3 Å². The Morgan fingerprint density at radius 1 is 0.741 bits per heavy atom. The molecule has 0 unspecified atom stereocenters. The molecular formula is C24H31FN2. The molecule has 2 aromatic carbocycles. The van der Waals surface area contributed by atoms with Crippen molar-refractivity contribution < 1.29 is 4.39 Å². The lowest BCUT2D eigenvalue weighted by atomic mass is 10.0. The van der Waals surface area contributed by atoms with Gasteiger partial charge < -0.3 is 0 Å². The van der Waals surface area contributed by atoms with Crippen LogP contribution in [0.4, 0.5) is 4.39 Å². The summed E-state index contributed by atoms with van der Waals surface area (Å²) in [5, 5.41) is 8.10. The van der Waals surface area contributed by atoms with Gasteiger partial charge in [0.1, 0.15) is 5.82 Å². The molecule has 0 atom stereocenters. The molecule has 0 aliphatic heterocycles. The fraction of sp³-hybridized carbons (Fsp3) is 0.417. The number of hydrogen-bond donors (Lipinski definition) is 0. The summed E-state index contributed by atoms with van der Waals surface area (Å²) < 4.78 is 13.9. The van der Waals surface area contributed by atoms with E-state index in [-0.39, 0.29) is 5.82 Å². The second-order valence-electron chi connectivity index (χ2n) is 7.00. The number of benzene rings is 2. The van der Waals surface area contributed by atoms with Crippen molar-refractivity contribution >= 4 is 12.4 Å². The van der Waals surface area contributed by atoms with Gasteiger partial charge in [0.2, 0.25) is 0 Å². The van der Waals surface area contributed by atoms with E-state index in [1.54, 1.807) is 12.4 Å². The van der Waals surface area contributed by atoms with Crippen LogP contribution in [0.25, 0.3) is 0 Å². The van der Waals surface area contributed by atoms with Gasteiger partial charge in [0.05, 0.1) is 12.4 Å². The van der Waals surface area contributed by atoms with Crippen molar-refractivity contribution in [3.8, 4) is 0 Å². The lowest BCUT2D eigenvalue weighted by Crippen LogP contribution is -1.92. The minimum atomic E-state index is -0.171. The Morgan fingerprint density at radius 3 is 2.07 bits per heavy atom. The molecule has 0 heterocycles. The van der Waals surface area contributed by atoms with Crippen LogP contribution in [0.2, 0.25) is 0 Å². The van der Waals surface area contributed by atoms with E-state index in [1.807, 2.05) is 19.1 Å². The summed E-state index contributed by atoms with van der Waals surface area (Å²) >= 11 is 0. The molecule has 0 saturated carbocycles. The normalized spacial score (nSPS) is 11.7. The molecular weight excluding hydrogens is 335 g/mol.